The average molecular weight is 767 g/mol. The Morgan fingerprint density at radius 3 is 1.13 bits per heavy atom. The molecule has 0 amide bonds. The summed E-state index contributed by atoms with van der Waals surface area (Å²) in [5.74, 6) is 1.89. The SMILES string of the molecule is c1ccc(-c2nc(-c3ccccc3)nc(-c3cccc(-c4cccc(-c5cc(-c6ccccc6)c(-c6ccccc6)c(-c6ccccc6)c5-c5ccccn5)c4)c3)n2)cc1. The van der Waals surface area contributed by atoms with Crippen LogP contribution in [0.1, 0.15) is 0 Å². The van der Waals surface area contributed by atoms with Crippen molar-refractivity contribution in [3.63, 3.8) is 0 Å². The normalized spacial score (nSPS) is 11.0. The Morgan fingerprint density at radius 2 is 0.617 bits per heavy atom. The van der Waals surface area contributed by atoms with Crippen molar-refractivity contribution in [2.45, 2.75) is 0 Å². The second kappa shape index (κ2) is 16.4. The summed E-state index contributed by atoms with van der Waals surface area (Å²) < 4.78 is 0. The van der Waals surface area contributed by atoms with E-state index < -0.39 is 0 Å². The van der Waals surface area contributed by atoms with Crippen molar-refractivity contribution >= 4 is 0 Å². The number of rotatable bonds is 9. The van der Waals surface area contributed by atoms with Crippen molar-refractivity contribution in [2.75, 3.05) is 0 Å². The molecule has 0 spiro atoms. The van der Waals surface area contributed by atoms with Crippen LogP contribution >= 0.6 is 0 Å². The fourth-order valence-corrected chi connectivity index (χ4v) is 7.97. The fraction of sp³-hybridized carbons (Fsp3) is 0. The highest BCUT2D eigenvalue weighted by Gasteiger charge is 2.24. The van der Waals surface area contributed by atoms with Gasteiger partial charge in [0.25, 0.3) is 0 Å². The molecule has 0 atom stereocenters. The summed E-state index contributed by atoms with van der Waals surface area (Å²) in [6, 6.07) is 78.2. The van der Waals surface area contributed by atoms with Crippen LogP contribution in [0.2, 0.25) is 0 Å². The molecule has 0 radical (unpaired) electrons. The lowest BCUT2D eigenvalue weighted by molar-refractivity contribution is 1.07. The highest BCUT2D eigenvalue weighted by Crippen LogP contribution is 2.50. The Balaban J connectivity index is 1.18. The van der Waals surface area contributed by atoms with Crippen molar-refractivity contribution in [1.82, 2.24) is 19.9 Å². The van der Waals surface area contributed by atoms with Crippen molar-refractivity contribution < 1.29 is 0 Å². The van der Waals surface area contributed by atoms with E-state index >= 15 is 0 Å². The first-order valence-corrected chi connectivity index (χ1v) is 20.1. The number of pyridine rings is 1. The smallest absolute Gasteiger partial charge is 0.164 e. The first-order chi connectivity index (χ1) is 29.8. The van der Waals surface area contributed by atoms with E-state index in [9.17, 15) is 0 Å². The van der Waals surface area contributed by atoms with Gasteiger partial charge in [-0.3, -0.25) is 4.98 Å². The second-order valence-corrected chi connectivity index (χ2v) is 14.6. The zero-order valence-electron chi connectivity index (χ0n) is 32.7. The van der Waals surface area contributed by atoms with Gasteiger partial charge < -0.3 is 0 Å². The molecule has 2 aromatic heterocycles. The molecule has 0 saturated carbocycles. The first kappa shape index (κ1) is 36.3. The number of hydrogen-bond donors (Lipinski definition) is 0. The number of benzene rings is 8. The van der Waals surface area contributed by atoms with Gasteiger partial charge in [-0.05, 0) is 80.4 Å². The van der Waals surface area contributed by atoms with Crippen molar-refractivity contribution in [2.24, 2.45) is 0 Å². The van der Waals surface area contributed by atoms with E-state index in [1.165, 1.54) is 5.56 Å². The molecule has 4 nitrogen and oxygen atoms in total. The summed E-state index contributed by atoms with van der Waals surface area (Å²) in [6.07, 6.45) is 1.89. The van der Waals surface area contributed by atoms with Gasteiger partial charge in [0, 0.05) is 34.0 Å². The summed E-state index contributed by atoms with van der Waals surface area (Å²) in [7, 11) is 0. The molecule has 2 heterocycles. The van der Waals surface area contributed by atoms with Gasteiger partial charge in [-0.2, -0.15) is 0 Å². The summed E-state index contributed by atoms with van der Waals surface area (Å²) in [5, 5.41) is 0. The molecular formula is C56H38N4. The molecule has 282 valence electrons. The minimum absolute atomic E-state index is 0.620. The van der Waals surface area contributed by atoms with E-state index in [1.807, 2.05) is 72.9 Å². The van der Waals surface area contributed by atoms with Crippen LogP contribution < -0.4 is 0 Å². The summed E-state index contributed by atoms with van der Waals surface area (Å²) >= 11 is 0. The Kier molecular flexibility index (Phi) is 9.92. The van der Waals surface area contributed by atoms with Gasteiger partial charge >= 0.3 is 0 Å². The van der Waals surface area contributed by atoms with Gasteiger partial charge in [0.2, 0.25) is 0 Å². The quantitative estimate of drug-likeness (QED) is 0.147. The summed E-state index contributed by atoms with van der Waals surface area (Å²) in [4.78, 5) is 20.0. The highest BCUT2D eigenvalue weighted by molar-refractivity contribution is 6.07. The predicted molar refractivity (Wildman–Crippen MR) is 247 cm³/mol. The van der Waals surface area contributed by atoms with Crippen LogP contribution in [-0.4, -0.2) is 19.9 Å². The molecule has 0 fully saturated rings. The molecule has 0 unspecified atom stereocenters. The molecule has 0 bridgehead atoms. The molecule has 0 aliphatic heterocycles. The highest BCUT2D eigenvalue weighted by atomic mass is 15.0. The van der Waals surface area contributed by atoms with Crippen LogP contribution in [0, 0.1) is 0 Å². The van der Waals surface area contributed by atoms with Crippen LogP contribution in [0.5, 0.6) is 0 Å². The van der Waals surface area contributed by atoms with E-state index in [-0.39, 0.29) is 0 Å². The third-order valence-corrected chi connectivity index (χ3v) is 10.8. The van der Waals surface area contributed by atoms with Gasteiger partial charge in [0.1, 0.15) is 0 Å². The van der Waals surface area contributed by atoms with E-state index in [1.54, 1.807) is 0 Å². The van der Waals surface area contributed by atoms with E-state index in [2.05, 4.69) is 158 Å². The van der Waals surface area contributed by atoms with Gasteiger partial charge in [-0.25, -0.2) is 15.0 Å². The zero-order valence-corrected chi connectivity index (χ0v) is 32.7. The minimum Gasteiger partial charge on any atom is -0.256 e. The molecular weight excluding hydrogens is 729 g/mol. The molecule has 0 aliphatic carbocycles. The third-order valence-electron chi connectivity index (χ3n) is 10.8. The van der Waals surface area contributed by atoms with E-state index in [0.29, 0.717) is 17.5 Å². The van der Waals surface area contributed by atoms with Gasteiger partial charge in [0.05, 0.1) is 5.69 Å². The van der Waals surface area contributed by atoms with Crippen LogP contribution in [0.3, 0.4) is 0 Å². The molecule has 60 heavy (non-hydrogen) atoms. The average Bonchev–Trinajstić information content (AvgIpc) is 3.35. The Labute approximate surface area is 350 Å². The van der Waals surface area contributed by atoms with Crippen molar-refractivity contribution in [3.05, 3.63) is 231 Å². The Bertz CT molecular complexity index is 2990. The van der Waals surface area contributed by atoms with Gasteiger partial charge in [-0.1, -0.05) is 194 Å². The summed E-state index contributed by atoms with van der Waals surface area (Å²) in [5.41, 5.74) is 16.0. The first-order valence-electron chi connectivity index (χ1n) is 20.1. The van der Waals surface area contributed by atoms with Gasteiger partial charge in [-0.15, -0.1) is 0 Å². The lowest BCUT2D eigenvalue weighted by Crippen LogP contribution is -2.00. The van der Waals surface area contributed by atoms with Gasteiger partial charge in [0.15, 0.2) is 17.5 Å². The maximum atomic E-state index is 5.03. The Morgan fingerprint density at radius 1 is 0.233 bits per heavy atom. The standard InChI is InChI=1S/C56H38N4/c1-6-20-39(21-7-1)48-38-49(53(50-34-16-17-35-57-50)52(41-24-10-3-11-25-41)51(48)40-22-8-2-9-23-40)46-32-18-30-44(36-46)45-31-19-33-47(37-45)56-59-54(42-26-12-4-13-27-42)58-55(60-56)43-28-14-5-15-29-43/h1-38H. The molecule has 10 aromatic rings. The molecule has 4 heteroatoms. The fourth-order valence-electron chi connectivity index (χ4n) is 7.97. The molecule has 10 rings (SSSR count). The van der Waals surface area contributed by atoms with Crippen molar-refractivity contribution in [1.29, 1.82) is 0 Å². The molecule has 8 aromatic carbocycles. The third kappa shape index (κ3) is 7.30. The molecule has 0 N–H and O–H groups in total. The largest absolute Gasteiger partial charge is 0.256 e. The topological polar surface area (TPSA) is 51.6 Å². The minimum atomic E-state index is 0.620. The number of nitrogens with zero attached hydrogens (tertiary/aromatic N) is 4. The van der Waals surface area contributed by atoms with Crippen LogP contribution in [0.15, 0.2) is 231 Å². The van der Waals surface area contributed by atoms with Crippen LogP contribution in [-0.2, 0) is 0 Å². The van der Waals surface area contributed by atoms with Crippen LogP contribution in [0.4, 0.5) is 0 Å². The zero-order chi connectivity index (χ0) is 40.1. The predicted octanol–water partition coefficient (Wildman–Crippen LogP) is 14.3. The molecule has 0 aliphatic rings. The lowest BCUT2D eigenvalue weighted by atomic mass is 9.79. The second-order valence-electron chi connectivity index (χ2n) is 14.6. The van der Waals surface area contributed by atoms with E-state index in [4.69, 9.17) is 19.9 Å². The van der Waals surface area contributed by atoms with Crippen LogP contribution in [0.25, 0.3) is 101 Å². The Hall–Kier alpha value is -8.08. The number of aromatic nitrogens is 4. The maximum absolute atomic E-state index is 5.03. The summed E-state index contributed by atoms with van der Waals surface area (Å²) in [6.45, 7) is 0. The molecule has 0 saturated heterocycles. The van der Waals surface area contributed by atoms with E-state index in [0.717, 1.165) is 78.0 Å². The monoisotopic (exact) mass is 766 g/mol. The maximum Gasteiger partial charge on any atom is 0.164 e. The van der Waals surface area contributed by atoms with Crippen molar-refractivity contribution in [3.8, 4) is 101 Å². The number of hydrogen-bond acceptors (Lipinski definition) is 4. The lowest BCUT2D eigenvalue weighted by Gasteiger charge is -2.24.